The lowest BCUT2D eigenvalue weighted by Gasteiger charge is -2.36. The molecule has 1 spiro atoms. The summed E-state index contributed by atoms with van der Waals surface area (Å²) in [4.78, 5) is 0. The summed E-state index contributed by atoms with van der Waals surface area (Å²) in [7, 11) is 0. The lowest BCUT2D eigenvalue weighted by molar-refractivity contribution is -0.177. The highest BCUT2D eigenvalue weighted by Gasteiger charge is 2.40. The van der Waals surface area contributed by atoms with Crippen molar-refractivity contribution in [3.8, 4) is 0 Å². The first-order chi connectivity index (χ1) is 8.76. The SMILES string of the molecule is Ic1cccc(NC2CCC3(CC2)OCCO3)c1. The highest BCUT2D eigenvalue weighted by atomic mass is 127. The second kappa shape index (κ2) is 5.35. The third-order valence-corrected chi connectivity index (χ3v) is 4.43. The van der Waals surface area contributed by atoms with Gasteiger partial charge in [0.2, 0.25) is 0 Å². The van der Waals surface area contributed by atoms with Gasteiger partial charge in [-0.3, -0.25) is 0 Å². The molecule has 3 rings (SSSR count). The number of hydrogen-bond donors (Lipinski definition) is 1. The maximum Gasteiger partial charge on any atom is 0.168 e. The maximum absolute atomic E-state index is 5.75. The zero-order valence-electron chi connectivity index (χ0n) is 10.3. The Morgan fingerprint density at radius 1 is 1.17 bits per heavy atom. The van der Waals surface area contributed by atoms with Gasteiger partial charge in [-0.2, -0.15) is 0 Å². The van der Waals surface area contributed by atoms with Crippen molar-refractivity contribution in [2.24, 2.45) is 0 Å². The van der Waals surface area contributed by atoms with Crippen LogP contribution in [-0.2, 0) is 9.47 Å². The van der Waals surface area contributed by atoms with Crippen LogP contribution in [0.4, 0.5) is 5.69 Å². The molecule has 0 unspecified atom stereocenters. The molecule has 0 atom stereocenters. The van der Waals surface area contributed by atoms with Gasteiger partial charge < -0.3 is 14.8 Å². The van der Waals surface area contributed by atoms with E-state index >= 15 is 0 Å². The zero-order valence-corrected chi connectivity index (χ0v) is 12.5. The van der Waals surface area contributed by atoms with Crippen LogP contribution in [0.25, 0.3) is 0 Å². The fourth-order valence-electron chi connectivity index (χ4n) is 2.80. The highest BCUT2D eigenvalue weighted by molar-refractivity contribution is 14.1. The summed E-state index contributed by atoms with van der Waals surface area (Å²) >= 11 is 2.35. The number of rotatable bonds is 2. The van der Waals surface area contributed by atoms with Crippen LogP contribution in [0.3, 0.4) is 0 Å². The first kappa shape index (κ1) is 12.7. The predicted molar refractivity (Wildman–Crippen MR) is 79.7 cm³/mol. The van der Waals surface area contributed by atoms with E-state index in [1.807, 2.05) is 0 Å². The van der Waals surface area contributed by atoms with Gasteiger partial charge in [0.25, 0.3) is 0 Å². The average Bonchev–Trinajstić information content (AvgIpc) is 2.81. The topological polar surface area (TPSA) is 30.5 Å². The molecule has 1 aliphatic heterocycles. The van der Waals surface area contributed by atoms with Crippen molar-refractivity contribution < 1.29 is 9.47 Å². The summed E-state index contributed by atoms with van der Waals surface area (Å²) in [5.41, 5.74) is 1.22. The molecule has 1 N–H and O–H groups in total. The molecule has 1 heterocycles. The number of benzene rings is 1. The van der Waals surface area contributed by atoms with E-state index in [0.29, 0.717) is 6.04 Å². The van der Waals surface area contributed by atoms with Crippen molar-refractivity contribution in [1.29, 1.82) is 0 Å². The van der Waals surface area contributed by atoms with E-state index in [9.17, 15) is 0 Å². The molecule has 4 heteroatoms. The Kier molecular flexibility index (Phi) is 3.77. The van der Waals surface area contributed by atoms with E-state index in [4.69, 9.17) is 9.47 Å². The molecular weight excluding hydrogens is 341 g/mol. The largest absolute Gasteiger partial charge is 0.382 e. The van der Waals surface area contributed by atoms with Gasteiger partial charge in [-0.1, -0.05) is 6.07 Å². The fraction of sp³-hybridized carbons (Fsp3) is 0.571. The van der Waals surface area contributed by atoms with Gasteiger partial charge >= 0.3 is 0 Å². The van der Waals surface area contributed by atoms with Crippen LogP contribution < -0.4 is 5.32 Å². The third kappa shape index (κ3) is 2.81. The van der Waals surface area contributed by atoms with Crippen molar-refractivity contribution in [2.45, 2.75) is 37.5 Å². The number of hydrogen-bond acceptors (Lipinski definition) is 3. The molecule has 1 saturated carbocycles. The maximum atomic E-state index is 5.75. The minimum atomic E-state index is -0.247. The van der Waals surface area contributed by atoms with E-state index in [2.05, 4.69) is 52.2 Å². The third-order valence-electron chi connectivity index (χ3n) is 3.76. The summed E-state index contributed by atoms with van der Waals surface area (Å²) in [6.45, 7) is 1.52. The molecule has 0 bridgehead atoms. The molecule has 0 amide bonds. The molecule has 1 aliphatic carbocycles. The molecule has 2 fully saturated rings. The van der Waals surface area contributed by atoms with Crippen LogP contribution in [0.1, 0.15) is 25.7 Å². The van der Waals surface area contributed by atoms with E-state index in [0.717, 1.165) is 38.9 Å². The molecule has 0 aromatic heterocycles. The summed E-state index contributed by atoms with van der Waals surface area (Å²) in [5, 5.41) is 3.61. The van der Waals surface area contributed by atoms with Crippen molar-refractivity contribution in [3.05, 3.63) is 27.8 Å². The molecule has 1 saturated heterocycles. The van der Waals surface area contributed by atoms with Gasteiger partial charge in [0.15, 0.2) is 5.79 Å². The van der Waals surface area contributed by atoms with Gasteiger partial charge in [-0.15, -0.1) is 0 Å². The van der Waals surface area contributed by atoms with Gasteiger partial charge in [0, 0.05) is 28.1 Å². The molecule has 1 aromatic rings. The van der Waals surface area contributed by atoms with Crippen molar-refractivity contribution in [1.82, 2.24) is 0 Å². The van der Waals surface area contributed by atoms with E-state index < -0.39 is 0 Å². The normalized spacial score (nSPS) is 23.4. The van der Waals surface area contributed by atoms with Crippen LogP contribution in [-0.4, -0.2) is 25.0 Å². The number of ether oxygens (including phenoxy) is 2. The van der Waals surface area contributed by atoms with Gasteiger partial charge in [-0.25, -0.2) is 0 Å². The van der Waals surface area contributed by atoms with Gasteiger partial charge in [0.1, 0.15) is 0 Å². The summed E-state index contributed by atoms with van der Waals surface area (Å²) in [6, 6.07) is 9.07. The first-order valence-corrected chi connectivity index (χ1v) is 7.64. The lowest BCUT2D eigenvalue weighted by Crippen LogP contribution is -2.39. The summed E-state index contributed by atoms with van der Waals surface area (Å²) < 4.78 is 12.8. The Hall–Kier alpha value is -0.330. The monoisotopic (exact) mass is 359 g/mol. The minimum Gasteiger partial charge on any atom is -0.382 e. The van der Waals surface area contributed by atoms with Crippen LogP contribution in [0.2, 0.25) is 0 Å². The Morgan fingerprint density at radius 3 is 2.56 bits per heavy atom. The summed E-state index contributed by atoms with van der Waals surface area (Å²) in [6.07, 6.45) is 4.25. The zero-order chi connectivity index (χ0) is 12.4. The van der Waals surface area contributed by atoms with Crippen LogP contribution in [0.15, 0.2) is 24.3 Å². The molecule has 3 nitrogen and oxygen atoms in total. The van der Waals surface area contributed by atoms with Crippen molar-refractivity contribution in [2.75, 3.05) is 18.5 Å². The predicted octanol–water partition coefficient (Wildman–Crippen LogP) is 3.39. The Bertz CT molecular complexity index is 408. The van der Waals surface area contributed by atoms with Crippen LogP contribution in [0, 0.1) is 3.57 Å². The van der Waals surface area contributed by atoms with E-state index in [1.54, 1.807) is 0 Å². The average molecular weight is 359 g/mol. The first-order valence-electron chi connectivity index (χ1n) is 6.56. The summed E-state index contributed by atoms with van der Waals surface area (Å²) in [5.74, 6) is -0.247. The quantitative estimate of drug-likeness (QED) is 0.822. The molecule has 2 aliphatic rings. The molecule has 18 heavy (non-hydrogen) atoms. The van der Waals surface area contributed by atoms with Crippen LogP contribution >= 0.6 is 22.6 Å². The second-order valence-corrected chi connectivity index (χ2v) is 6.28. The van der Waals surface area contributed by atoms with Crippen LogP contribution in [0.5, 0.6) is 0 Å². The lowest BCUT2D eigenvalue weighted by atomic mass is 9.90. The van der Waals surface area contributed by atoms with Gasteiger partial charge in [0.05, 0.1) is 13.2 Å². The molecule has 98 valence electrons. The highest BCUT2D eigenvalue weighted by Crippen LogP contribution is 2.36. The van der Waals surface area contributed by atoms with Crippen molar-refractivity contribution >= 4 is 28.3 Å². The fourth-order valence-corrected chi connectivity index (χ4v) is 3.34. The number of anilines is 1. The minimum absolute atomic E-state index is 0.247. The molecular formula is C14H18INO2. The van der Waals surface area contributed by atoms with E-state index in [1.165, 1.54) is 9.26 Å². The smallest absolute Gasteiger partial charge is 0.168 e. The Morgan fingerprint density at radius 2 is 1.89 bits per heavy atom. The number of halogens is 1. The van der Waals surface area contributed by atoms with E-state index in [-0.39, 0.29) is 5.79 Å². The molecule has 0 radical (unpaired) electrons. The second-order valence-electron chi connectivity index (χ2n) is 5.04. The van der Waals surface area contributed by atoms with Crippen molar-refractivity contribution in [3.63, 3.8) is 0 Å². The number of nitrogens with one attached hydrogen (secondary N) is 1. The van der Waals surface area contributed by atoms with Gasteiger partial charge in [-0.05, 0) is 53.6 Å². The standard InChI is InChI=1S/C14H18INO2/c15-11-2-1-3-13(10-11)16-12-4-6-14(7-5-12)17-8-9-18-14/h1-3,10,12,16H,4-9H2. The Balaban J connectivity index is 1.57. The molecule has 1 aromatic carbocycles. The Labute approximate surface area is 121 Å².